The van der Waals surface area contributed by atoms with E-state index in [0.717, 1.165) is 0 Å². The summed E-state index contributed by atoms with van der Waals surface area (Å²) >= 11 is 0.500. The molecule has 46 valence electrons. The zero-order valence-corrected chi connectivity index (χ0v) is 6.42. The Labute approximate surface area is 62.4 Å². The quantitative estimate of drug-likeness (QED) is 0.574. The summed E-state index contributed by atoms with van der Waals surface area (Å²) in [6, 6.07) is 0. The van der Waals surface area contributed by atoms with Crippen LogP contribution in [0.15, 0.2) is 0 Å². The van der Waals surface area contributed by atoms with E-state index in [-0.39, 0.29) is 36.5 Å². The summed E-state index contributed by atoms with van der Waals surface area (Å²) in [5.41, 5.74) is 0. The molecular formula is H3AgF3OSb. The van der Waals surface area contributed by atoms with E-state index in [2.05, 4.69) is 0 Å². The van der Waals surface area contributed by atoms with Gasteiger partial charge in [0, 0.05) is 22.4 Å². The fourth-order valence-corrected chi connectivity index (χ4v) is 0. The molecule has 0 aromatic rings. The van der Waals surface area contributed by atoms with Gasteiger partial charge in [-0.15, -0.1) is 0 Å². The Kier molecular flexibility index (Phi) is 1210. The first-order chi connectivity index (χ1) is 1.00. The average molecular weight is 306 g/mol. The molecule has 2 radical (unpaired) electrons. The van der Waals surface area contributed by atoms with E-state index in [9.17, 15) is 0 Å². The van der Waals surface area contributed by atoms with E-state index in [4.69, 9.17) is 3.02 Å². The zero-order chi connectivity index (χ0) is 2.00. The van der Waals surface area contributed by atoms with Crippen LogP contribution in [0.2, 0.25) is 0 Å². The summed E-state index contributed by atoms with van der Waals surface area (Å²) in [6.45, 7) is 0. The van der Waals surface area contributed by atoms with Crippen molar-refractivity contribution in [2.24, 2.45) is 0 Å². The van der Waals surface area contributed by atoms with Crippen LogP contribution in [0.3, 0.4) is 0 Å². The Morgan fingerprint density at radius 3 is 0.833 bits per heavy atom. The van der Waals surface area contributed by atoms with Crippen LogP contribution in [0.4, 0.5) is 14.1 Å². The summed E-state index contributed by atoms with van der Waals surface area (Å²) in [4.78, 5) is 0. The van der Waals surface area contributed by atoms with Gasteiger partial charge in [-0.05, 0) is 0 Å². The van der Waals surface area contributed by atoms with Crippen molar-refractivity contribution >= 4 is 23.0 Å². The van der Waals surface area contributed by atoms with Crippen molar-refractivity contribution in [1.82, 2.24) is 0 Å². The van der Waals surface area contributed by atoms with Gasteiger partial charge in [0.15, 0.2) is 0 Å². The first-order valence-corrected chi connectivity index (χ1v) is 1.22. The Morgan fingerprint density at radius 2 is 0.833 bits per heavy atom. The van der Waals surface area contributed by atoms with E-state index < -0.39 is 0 Å². The monoisotopic (exact) mass is 304 g/mol. The third-order valence-electron chi connectivity index (χ3n) is 0. The van der Waals surface area contributed by atoms with Crippen LogP contribution >= 0.6 is 0 Å². The molecule has 0 atom stereocenters. The Hall–Kier alpha value is 1.15. The molecule has 6 heteroatoms. The van der Waals surface area contributed by atoms with Crippen LogP contribution < -0.4 is 0 Å². The molecule has 6 heavy (non-hydrogen) atoms. The van der Waals surface area contributed by atoms with Crippen LogP contribution in [-0.2, 0) is 25.4 Å². The van der Waals surface area contributed by atoms with Crippen LogP contribution in [-0.4, -0.2) is 23.0 Å². The molecule has 0 saturated carbocycles. The van der Waals surface area contributed by atoms with Crippen molar-refractivity contribution in [1.29, 1.82) is 0 Å². The second kappa shape index (κ2) is 124. The molecule has 1 nitrogen and oxygen atoms in total. The average Bonchev–Trinajstić information content (AvgIpc) is 1.00. The summed E-state index contributed by atoms with van der Waals surface area (Å²) in [6.07, 6.45) is 0. The molecule has 0 aliphatic carbocycles. The van der Waals surface area contributed by atoms with E-state index in [1.807, 2.05) is 0 Å². The van der Waals surface area contributed by atoms with Gasteiger partial charge >= 0.3 is 26.0 Å². The van der Waals surface area contributed by atoms with Gasteiger partial charge in [-0.2, -0.15) is 0 Å². The molecule has 0 fully saturated rings. The van der Waals surface area contributed by atoms with Crippen molar-refractivity contribution in [3.05, 3.63) is 0 Å². The van der Waals surface area contributed by atoms with Gasteiger partial charge in [0.2, 0.25) is 0 Å². The molecule has 0 heterocycles. The normalized spacial score (nSPS) is 0.667. The van der Waals surface area contributed by atoms with Crippen LogP contribution in [0, 0.1) is 0 Å². The Morgan fingerprint density at radius 1 is 0.833 bits per heavy atom. The van der Waals surface area contributed by atoms with Crippen molar-refractivity contribution in [3.8, 4) is 0 Å². The van der Waals surface area contributed by atoms with E-state index >= 15 is 0 Å². The minimum absolute atomic E-state index is 0. The maximum absolute atomic E-state index is 8.30. The first kappa shape index (κ1) is 58.5. The van der Waals surface area contributed by atoms with Gasteiger partial charge in [0.05, 0.1) is 0 Å². The minimum atomic E-state index is 0. The molecule has 0 aliphatic heterocycles. The molecule has 0 N–H and O–H groups in total. The number of rotatable bonds is 0. The summed E-state index contributed by atoms with van der Waals surface area (Å²) < 4.78 is 8.30. The SMILES string of the molecule is F.F.F.[Ag].[O]=[Sb]. The topological polar surface area (TPSA) is 17.1 Å². The van der Waals surface area contributed by atoms with Gasteiger partial charge < -0.3 is 0 Å². The fourth-order valence-electron chi connectivity index (χ4n) is 0. The number of hydrogen-bond acceptors (Lipinski definition) is 1. The predicted molar refractivity (Wildman–Crippen MR) is 13.9 cm³/mol. The van der Waals surface area contributed by atoms with E-state index in [1.54, 1.807) is 0 Å². The van der Waals surface area contributed by atoms with Gasteiger partial charge in [0.25, 0.3) is 0 Å². The van der Waals surface area contributed by atoms with Crippen LogP contribution in [0.25, 0.3) is 0 Å². The number of hydrogen-bond donors (Lipinski definition) is 0. The molecule has 0 unspecified atom stereocenters. The van der Waals surface area contributed by atoms with Crippen molar-refractivity contribution in [2.45, 2.75) is 0 Å². The Balaban J connectivity index is -0.000000000833. The van der Waals surface area contributed by atoms with E-state index in [1.165, 1.54) is 0 Å². The molecule has 0 saturated heterocycles. The van der Waals surface area contributed by atoms with Crippen molar-refractivity contribution in [3.63, 3.8) is 0 Å². The zero-order valence-electron chi connectivity index (χ0n) is 2.38. The molecule has 0 aromatic heterocycles. The first-order valence-electron chi connectivity index (χ1n) is 0.183. The van der Waals surface area contributed by atoms with Gasteiger partial charge in [-0.1, -0.05) is 0 Å². The second-order valence-corrected chi connectivity index (χ2v) is 0. The third kappa shape index (κ3) is 67.2. The van der Waals surface area contributed by atoms with Crippen molar-refractivity contribution in [2.75, 3.05) is 0 Å². The molecule has 0 rings (SSSR count). The molecule has 0 amide bonds. The third-order valence-corrected chi connectivity index (χ3v) is 0. The molecule has 0 aromatic carbocycles. The standard InChI is InChI=1S/Ag.3FH.O.Sb/h;3*1H;;. The van der Waals surface area contributed by atoms with Crippen molar-refractivity contribution < 1.29 is 39.5 Å². The van der Waals surface area contributed by atoms with Gasteiger partial charge in [-0.25, -0.2) is 0 Å². The fraction of sp³-hybridized carbons (Fsp3) is 0. The van der Waals surface area contributed by atoms with E-state index in [0.29, 0.717) is 23.0 Å². The molecular weight excluding hydrogens is 303 g/mol. The Bertz CT molecular complexity index is 10.8. The van der Waals surface area contributed by atoms with Gasteiger partial charge in [-0.3, -0.25) is 14.1 Å². The summed E-state index contributed by atoms with van der Waals surface area (Å²) in [5.74, 6) is 0. The number of halogens is 3. The second-order valence-electron chi connectivity index (χ2n) is 0. The molecule has 0 spiro atoms. The predicted octanol–water partition coefficient (Wildman–Crippen LogP) is -0.0446. The van der Waals surface area contributed by atoms with Crippen LogP contribution in [0.5, 0.6) is 0 Å². The van der Waals surface area contributed by atoms with Crippen LogP contribution in [0.1, 0.15) is 0 Å². The summed E-state index contributed by atoms with van der Waals surface area (Å²) in [7, 11) is 0. The molecule has 0 aliphatic rings. The summed E-state index contributed by atoms with van der Waals surface area (Å²) in [5, 5.41) is 0. The maximum atomic E-state index is 8.30. The van der Waals surface area contributed by atoms with Gasteiger partial charge in [0.1, 0.15) is 0 Å². The molecule has 0 bridgehead atoms.